The van der Waals surface area contributed by atoms with Crippen molar-refractivity contribution in [3.05, 3.63) is 47.2 Å². The number of benzene rings is 1. The minimum absolute atomic E-state index is 0.811. The van der Waals surface area contributed by atoms with Gasteiger partial charge in [-0.3, -0.25) is 0 Å². The van der Waals surface area contributed by atoms with Gasteiger partial charge < -0.3 is 10.6 Å². The van der Waals surface area contributed by atoms with Gasteiger partial charge in [0.2, 0.25) is 0 Å². The predicted molar refractivity (Wildman–Crippen MR) is 59.7 cm³/mol. The first-order valence-electron chi connectivity index (χ1n) is 3.88. The van der Waals surface area contributed by atoms with Crippen LogP contribution in [0.1, 0.15) is 0 Å². The summed E-state index contributed by atoms with van der Waals surface area (Å²) in [6.45, 7) is 7.67. The monoisotopic (exact) mass is 236 g/mol. The van der Waals surface area contributed by atoms with Crippen LogP contribution >= 0.6 is 15.9 Å². The Morgan fingerprint density at radius 1 is 1.00 bits per heavy atom. The molecule has 0 saturated heterocycles. The lowest BCUT2D eigenvalue weighted by molar-refractivity contribution is 1.31. The Labute approximate surface area is 85.5 Å². The molecule has 0 bridgehead atoms. The third kappa shape index (κ3) is 1.47. The molecular formula is C10H9BrN2. The van der Waals surface area contributed by atoms with Crippen molar-refractivity contribution >= 4 is 27.3 Å². The Kier molecular flexibility index (Phi) is 1.88. The highest BCUT2D eigenvalue weighted by molar-refractivity contribution is 9.10. The molecule has 1 aliphatic rings. The fraction of sp³-hybridized carbons (Fsp3) is 0. The SMILES string of the molecule is C=C1Nc2ccc(Br)cc2NC1=C. The van der Waals surface area contributed by atoms with Crippen molar-refractivity contribution in [1.82, 2.24) is 0 Å². The predicted octanol–water partition coefficient (Wildman–Crippen LogP) is 3.31. The number of rotatable bonds is 0. The number of halogens is 1. The molecule has 0 spiro atoms. The summed E-state index contributed by atoms with van der Waals surface area (Å²) in [4.78, 5) is 0. The average Bonchev–Trinajstić information content (AvgIpc) is 2.08. The summed E-state index contributed by atoms with van der Waals surface area (Å²) in [5.41, 5.74) is 3.67. The van der Waals surface area contributed by atoms with E-state index < -0.39 is 0 Å². The number of hydrogen-bond donors (Lipinski definition) is 2. The number of anilines is 2. The summed E-state index contributed by atoms with van der Waals surface area (Å²) in [5.74, 6) is 0. The van der Waals surface area contributed by atoms with Crippen molar-refractivity contribution in [1.29, 1.82) is 0 Å². The second-order valence-electron chi connectivity index (χ2n) is 2.90. The van der Waals surface area contributed by atoms with Crippen LogP contribution in [0.4, 0.5) is 11.4 Å². The van der Waals surface area contributed by atoms with Crippen molar-refractivity contribution < 1.29 is 0 Å². The van der Waals surface area contributed by atoms with E-state index in [0.717, 1.165) is 27.2 Å². The molecule has 0 saturated carbocycles. The first-order chi connectivity index (χ1) is 6.16. The molecule has 0 aliphatic carbocycles. The first kappa shape index (κ1) is 8.38. The van der Waals surface area contributed by atoms with E-state index in [2.05, 4.69) is 39.7 Å². The van der Waals surface area contributed by atoms with Gasteiger partial charge in [-0.25, -0.2) is 0 Å². The van der Waals surface area contributed by atoms with Gasteiger partial charge in [0.1, 0.15) is 0 Å². The molecule has 13 heavy (non-hydrogen) atoms. The molecule has 2 nitrogen and oxygen atoms in total. The molecule has 0 fully saturated rings. The van der Waals surface area contributed by atoms with Crippen molar-refractivity contribution in [2.75, 3.05) is 10.6 Å². The van der Waals surface area contributed by atoms with E-state index in [1.165, 1.54) is 0 Å². The van der Waals surface area contributed by atoms with Gasteiger partial charge in [-0.05, 0) is 18.2 Å². The van der Waals surface area contributed by atoms with E-state index in [0.29, 0.717) is 0 Å². The molecule has 0 amide bonds. The van der Waals surface area contributed by atoms with Gasteiger partial charge in [-0.15, -0.1) is 0 Å². The molecule has 1 aliphatic heterocycles. The van der Waals surface area contributed by atoms with E-state index in [1.54, 1.807) is 0 Å². The van der Waals surface area contributed by atoms with Crippen LogP contribution in [0.3, 0.4) is 0 Å². The molecule has 3 heteroatoms. The lowest BCUT2D eigenvalue weighted by Crippen LogP contribution is -2.14. The summed E-state index contributed by atoms with van der Waals surface area (Å²) in [6, 6.07) is 5.97. The van der Waals surface area contributed by atoms with E-state index in [4.69, 9.17) is 0 Å². The summed E-state index contributed by atoms with van der Waals surface area (Å²) in [5, 5.41) is 6.32. The van der Waals surface area contributed by atoms with Crippen molar-refractivity contribution in [3.63, 3.8) is 0 Å². The molecule has 2 N–H and O–H groups in total. The second kappa shape index (κ2) is 2.92. The summed E-state index contributed by atoms with van der Waals surface area (Å²) < 4.78 is 1.04. The molecule has 66 valence electrons. The number of nitrogens with one attached hydrogen (secondary N) is 2. The highest BCUT2D eigenvalue weighted by Gasteiger charge is 2.12. The third-order valence-corrected chi connectivity index (χ3v) is 2.41. The van der Waals surface area contributed by atoms with Crippen molar-refractivity contribution in [2.24, 2.45) is 0 Å². The molecule has 1 heterocycles. The molecule has 1 aromatic rings. The quantitative estimate of drug-likeness (QED) is 0.723. The maximum atomic E-state index is 3.84. The summed E-state index contributed by atoms with van der Waals surface area (Å²) in [7, 11) is 0. The van der Waals surface area contributed by atoms with Crippen LogP contribution in [0.5, 0.6) is 0 Å². The van der Waals surface area contributed by atoms with Crippen LogP contribution in [0, 0.1) is 0 Å². The van der Waals surface area contributed by atoms with Gasteiger partial charge in [-0.1, -0.05) is 29.1 Å². The van der Waals surface area contributed by atoms with Crippen LogP contribution in [0.25, 0.3) is 0 Å². The Bertz CT molecular complexity index is 396. The second-order valence-corrected chi connectivity index (χ2v) is 3.81. The van der Waals surface area contributed by atoms with Crippen molar-refractivity contribution in [2.45, 2.75) is 0 Å². The van der Waals surface area contributed by atoms with Gasteiger partial charge in [0.15, 0.2) is 0 Å². The van der Waals surface area contributed by atoms with Gasteiger partial charge in [-0.2, -0.15) is 0 Å². The zero-order chi connectivity index (χ0) is 9.42. The third-order valence-electron chi connectivity index (χ3n) is 1.92. The van der Waals surface area contributed by atoms with Crippen LogP contribution in [-0.2, 0) is 0 Å². The fourth-order valence-corrected chi connectivity index (χ4v) is 1.57. The maximum absolute atomic E-state index is 3.84. The molecule has 0 radical (unpaired) electrons. The van der Waals surface area contributed by atoms with Gasteiger partial charge >= 0.3 is 0 Å². The molecule has 2 rings (SSSR count). The van der Waals surface area contributed by atoms with Crippen LogP contribution in [0.2, 0.25) is 0 Å². The molecule has 0 atom stereocenters. The largest absolute Gasteiger partial charge is 0.353 e. The molecule has 0 aromatic heterocycles. The topological polar surface area (TPSA) is 24.1 Å². The Hall–Kier alpha value is -1.22. The van der Waals surface area contributed by atoms with E-state index in [9.17, 15) is 0 Å². The lowest BCUT2D eigenvalue weighted by atomic mass is 10.2. The Balaban J connectivity index is 2.48. The van der Waals surface area contributed by atoms with E-state index >= 15 is 0 Å². The van der Waals surface area contributed by atoms with Crippen LogP contribution in [0.15, 0.2) is 47.2 Å². The van der Waals surface area contributed by atoms with E-state index in [-0.39, 0.29) is 0 Å². The van der Waals surface area contributed by atoms with E-state index in [1.807, 2.05) is 18.2 Å². The zero-order valence-corrected chi connectivity index (χ0v) is 8.61. The highest BCUT2D eigenvalue weighted by atomic mass is 79.9. The minimum Gasteiger partial charge on any atom is -0.353 e. The van der Waals surface area contributed by atoms with Crippen LogP contribution < -0.4 is 10.6 Å². The summed E-state index contributed by atoms with van der Waals surface area (Å²) in [6.07, 6.45) is 0. The minimum atomic E-state index is 0.811. The van der Waals surface area contributed by atoms with Gasteiger partial charge in [0, 0.05) is 4.47 Å². The number of fused-ring (bicyclic) bond motifs is 1. The van der Waals surface area contributed by atoms with Crippen molar-refractivity contribution in [3.8, 4) is 0 Å². The fourth-order valence-electron chi connectivity index (χ4n) is 1.20. The summed E-state index contributed by atoms with van der Waals surface area (Å²) >= 11 is 3.41. The average molecular weight is 237 g/mol. The lowest BCUT2D eigenvalue weighted by Gasteiger charge is -2.23. The normalized spacial score (nSPS) is 14.5. The maximum Gasteiger partial charge on any atom is 0.0635 e. The first-order valence-corrected chi connectivity index (χ1v) is 4.68. The highest BCUT2D eigenvalue weighted by Crippen LogP contribution is 2.32. The molecule has 1 aromatic carbocycles. The smallest absolute Gasteiger partial charge is 0.0635 e. The Morgan fingerprint density at radius 2 is 1.62 bits per heavy atom. The standard InChI is InChI=1S/C10H9BrN2/c1-6-7(2)13-10-5-8(11)3-4-9(10)12-6/h3-5,12-13H,1-2H2. The van der Waals surface area contributed by atoms with Gasteiger partial charge in [0.25, 0.3) is 0 Å². The zero-order valence-electron chi connectivity index (χ0n) is 7.02. The number of hydrogen-bond acceptors (Lipinski definition) is 2. The molecular weight excluding hydrogens is 228 g/mol. The Morgan fingerprint density at radius 3 is 2.31 bits per heavy atom. The van der Waals surface area contributed by atoms with Crippen LogP contribution in [-0.4, -0.2) is 0 Å². The van der Waals surface area contributed by atoms with Gasteiger partial charge in [0.05, 0.1) is 22.8 Å². The molecule has 0 unspecified atom stereocenters.